The molecule has 1 aromatic rings. The SMILES string of the molecule is CC(C)CNCCC(C)(C)c1cncnc1. The van der Waals surface area contributed by atoms with Crippen molar-refractivity contribution in [2.24, 2.45) is 5.92 Å². The lowest BCUT2D eigenvalue weighted by atomic mass is 9.83. The highest BCUT2D eigenvalue weighted by Crippen LogP contribution is 2.24. The lowest BCUT2D eigenvalue weighted by Crippen LogP contribution is -2.27. The predicted molar refractivity (Wildman–Crippen MR) is 67.4 cm³/mol. The number of hydrogen-bond donors (Lipinski definition) is 1. The normalized spacial score (nSPS) is 12.1. The molecule has 0 fully saturated rings. The van der Waals surface area contributed by atoms with Gasteiger partial charge in [-0.2, -0.15) is 0 Å². The standard InChI is InChI=1S/C13H23N3/c1-11(2)7-14-6-5-13(3,4)12-8-15-10-16-9-12/h8-11,14H,5-7H2,1-4H3. The maximum atomic E-state index is 4.08. The minimum atomic E-state index is 0.144. The summed E-state index contributed by atoms with van der Waals surface area (Å²) in [6.45, 7) is 11.1. The Kier molecular flexibility index (Phi) is 4.87. The van der Waals surface area contributed by atoms with Crippen molar-refractivity contribution in [2.45, 2.75) is 39.5 Å². The van der Waals surface area contributed by atoms with E-state index in [1.165, 1.54) is 5.56 Å². The molecule has 1 N–H and O–H groups in total. The van der Waals surface area contributed by atoms with Crippen LogP contribution >= 0.6 is 0 Å². The van der Waals surface area contributed by atoms with Gasteiger partial charge in [-0.1, -0.05) is 27.7 Å². The van der Waals surface area contributed by atoms with E-state index in [0.29, 0.717) is 5.92 Å². The van der Waals surface area contributed by atoms with Gasteiger partial charge in [0.05, 0.1) is 0 Å². The fourth-order valence-corrected chi connectivity index (χ4v) is 1.58. The van der Waals surface area contributed by atoms with Gasteiger partial charge in [-0.3, -0.25) is 0 Å². The molecule has 3 heteroatoms. The highest BCUT2D eigenvalue weighted by atomic mass is 14.9. The molecule has 0 saturated heterocycles. The molecule has 1 aromatic heterocycles. The van der Waals surface area contributed by atoms with Crippen LogP contribution in [0.3, 0.4) is 0 Å². The van der Waals surface area contributed by atoms with Gasteiger partial charge in [0.15, 0.2) is 0 Å². The first-order chi connectivity index (χ1) is 7.52. The molecule has 0 radical (unpaired) electrons. The third-order valence-corrected chi connectivity index (χ3v) is 2.82. The van der Waals surface area contributed by atoms with Crippen LogP contribution in [-0.4, -0.2) is 23.1 Å². The maximum Gasteiger partial charge on any atom is 0.115 e. The summed E-state index contributed by atoms with van der Waals surface area (Å²) in [5.41, 5.74) is 1.35. The summed E-state index contributed by atoms with van der Waals surface area (Å²) in [6.07, 6.45) is 6.51. The zero-order valence-corrected chi connectivity index (χ0v) is 10.8. The zero-order chi connectivity index (χ0) is 12.0. The van der Waals surface area contributed by atoms with E-state index in [1.807, 2.05) is 12.4 Å². The summed E-state index contributed by atoms with van der Waals surface area (Å²) < 4.78 is 0. The molecule has 0 aliphatic heterocycles. The molecule has 0 spiro atoms. The van der Waals surface area contributed by atoms with Crippen molar-refractivity contribution in [3.8, 4) is 0 Å². The van der Waals surface area contributed by atoms with Crippen LogP contribution in [0.4, 0.5) is 0 Å². The van der Waals surface area contributed by atoms with Crippen LogP contribution in [0, 0.1) is 5.92 Å². The monoisotopic (exact) mass is 221 g/mol. The van der Waals surface area contributed by atoms with Gasteiger partial charge in [-0.15, -0.1) is 0 Å². The van der Waals surface area contributed by atoms with Gasteiger partial charge in [0.2, 0.25) is 0 Å². The van der Waals surface area contributed by atoms with Crippen molar-refractivity contribution in [2.75, 3.05) is 13.1 Å². The Bertz CT molecular complexity index is 293. The summed E-state index contributed by atoms with van der Waals surface area (Å²) >= 11 is 0. The second-order valence-corrected chi connectivity index (χ2v) is 5.36. The van der Waals surface area contributed by atoms with Crippen LogP contribution in [0.25, 0.3) is 0 Å². The summed E-state index contributed by atoms with van der Waals surface area (Å²) in [7, 11) is 0. The van der Waals surface area contributed by atoms with Gasteiger partial charge in [0.25, 0.3) is 0 Å². The molecule has 90 valence electrons. The van der Waals surface area contributed by atoms with Gasteiger partial charge >= 0.3 is 0 Å². The minimum absolute atomic E-state index is 0.144. The summed E-state index contributed by atoms with van der Waals surface area (Å²) in [6, 6.07) is 0. The van der Waals surface area contributed by atoms with Crippen molar-refractivity contribution in [1.82, 2.24) is 15.3 Å². The molecule has 0 amide bonds. The van der Waals surface area contributed by atoms with E-state index in [2.05, 4.69) is 43.0 Å². The van der Waals surface area contributed by atoms with E-state index in [9.17, 15) is 0 Å². The molecule has 0 aliphatic carbocycles. The van der Waals surface area contributed by atoms with E-state index < -0.39 is 0 Å². The van der Waals surface area contributed by atoms with Crippen LogP contribution < -0.4 is 5.32 Å². The number of hydrogen-bond acceptors (Lipinski definition) is 3. The minimum Gasteiger partial charge on any atom is -0.316 e. The molecule has 3 nitrogen and oxygen atoms in total. The molecular formula is C13H23N3. The first-order valence-electron chi connectivity index (χ1n) is 5.98. The summed E-state index contributed by atoms with van der Waals surface area (Å²) in [4.78, 5) is 8.15. The van der Waals surface area contributed by atoms with Crippen LogP contribution in [0.5, 0.6) is 0 Å². The van der Waals surface area contributed by atoms with E-state index in [0.717, 1.165) is 19.5 Å². The first-order valence-corrected chi connectivity index (χ1v) is 5.98. The number of nitrogens with one attached hydrogen (secondary N) is 1. The number of nitrogens with zero attached hydrogens (tertiary/aromatic N) is 2. The molecule has 1 heterocycles. The van der Waals surface area contributed by atoms with Crippen molar-refractivity contribution in [1.29, 1.82) is 0 Å². The lowest BCUT2D eigenvalue weighted by Gasteiger charge is -2.24. The van der Waals surface area contributed by atoms with Crippen LogP contribution in [-0.2, 0) is 5.41 Å². The molecule has 0 aliphatic rings. The van der Waals surface area contributed by atoms with Gasteiger partial charge in [-0.25, -0.2) is 9.97 Å². The average molecular weight is 221 g/mol. The third kappa shape index (κ3) is 4.27. The molecular weight excluding hydrogens is 198 g/mol. The number of rotatable bonds is 6. The second kappa shape index (κ2) is 5.94. The Balaban J connectivity index is 2.40. The molecule has 0 bridgehead atoms. The topological polar surface area (TPSA) is 37.8 Å². The Morgan fingerprint density at radius 2 is 1.88 bits per heavy atom. The largest absolute Gasteiger partial charge is 0.316 e. The van der Waals surface area contributed by atoms with Crippen LogP contribution in [0.1, 0.15) is 39.7 Å². The molecule has 0 unspecified atom stereocenters. The molecule has 0 atom stereocenters. The lowest BCUT2D eigenvalue weighted by molar-refractivity contribution is 0.440. The fraction of sp³-hybridized carbons (Fsp3) is 0.692. The first kappa shape index (κ1) is 13.1. The highest BCUT2D eigenvalue weighted by Gasteiger charge is 2.20. The Morgan fingerprint density at radius 3 is 2.44 bits per heavy atom. The van der Waals surface area contributed by atoms with Gasteiger partial charge in [-0.05, 0) is 36.4 Å². The highest BCUT2D eigenvalue weighted by molar-refractivity contribution is 5.15. The van der Waals surface area contributed by atoms with Crippen LogP contribution in [0.15, 0.2) is 18.7 Å². The zero-order valence-electron chi connectivity index (χ0n) is 10.8. The van der Waals surface area contributed by atoms with E-state index >= 15 is 0 Å². The third-order valence-electron chi connectivity index (χ3n) is 2.82. The Morgan fingerprint density at radius 1 is 1.25 bits per heavy atom. The maximum absolute atomic E-state index is 4.08. The van der Waals surface area contributed by atoms with Crippen molar-refractivity contribution >= 4 is 0 Å². The van der Waals surface area contributed by atoms with Crippen molar-refractivity contribution in [3.05, 3.63) is 24.3 Å². The Labute approximate surface area is 98.7 Å². The predicted octanol–water partition coefficient (Wildman–Crippen LogP) is 2.39. The summed E-state index contributed by atoms with van der Waals surface area (Å²) in [5.74, 6) is 0.711. The summed E-state index contributed by atoms with van der Waals surface area (Å²) in [5, 5.41) is 3.47. The fourth-order valence-electron chi connectivity index (χ4n) is 1.58. The molecule has 16 heavy (non-hydrogen) atoms. The van der Waals surface area contributed by atoms with Crippen LogP contribution in [0.2, 0.25) is 0 Å². The molecule has 1 rings (SSSR count). The van der Waals surface area contributed by atoms with Gasteiger partial charge in [0.1, 0.15) is 6.33 Å². The molecule has 0 aromatic carbocycles. The number of aromatic nitrogens is 2. The smallest absolute Gasteiger partial charge is 0.115 e. The molecule has 0 saturated carbocycles. The van der Waals surface area contributed by atoms with Crippen molar-refractivity contribution in [3.63, 3.8) is 0 Å². The van der Waals surface area contributed by atoms with Crippen molar-refractivity contribution < 1.29 is 0 Å². The van der Waals surface area contributed by atoms with E-state index in [1.54, 1.807) is 6.33 Å². The van der Waals surface area contributed by atoms with Gasteiger partial charge in [0, 0.05) is 12.4 Å². The second-order valence-electron chi connectivity index (χ2n) is 5.36. The van der Waals surface area contributed by atoms with E-state index in [-0.39, 0.29) is 5.41 Å². The van der Waals surface area contributed by atoms with E-state index in [4.69, 9.17) is 0 Å². The average Bonchev–Trinajstić information content (AvgIpc) is 2.26. The van der Waals surface area contributed by atoms with Gasteiger partial charge < -0.3 is 5.32 Å². The Hall–Kier alpha value is -0.960. The quantitative estimate of drug-likeness (QED) is 0.750.